The zero-order valence-electron chi connectivity index (χ0n) is 17.2. The predicted octanol–water partition coefficient (Wildman–Crippen LogP) is 0.649. The molecule has 2 rings (SSSR count). The van der Waals surface area contributed by atoms with Crippen LogP contribution in [0.1, 0.15) is 36.5 Å². The van der Waals surface area contributed by atoms with Crippen molar-refractivity contribution in [1.29, 1.82) is 0 Å². The first-order chi connectivity index (χ1) is 14.7. The number of carboxylic acid groups (broad SMARTS) is 1. The lowest BCUT2D eigenvalue weighted by molar-refractivity contribution is -0.141. The van der Waals surface area contributed by atoms with Crippen LogP contribution in [-0.4, -0.2) is 71.7 Å². The zero-order valence-corrected chi connectivity index (χ0v) is 17.9. The van der Waals surface area contributed by atoms with E-state index in [1.807, 2.05) is 0 Å². The summed E-state index contributed by atoms with van der Waals surface area (Å²) in [6, 6.07) is 1.76. The molecule has 10 nitrogen and oxygen atoms in total. The van der Waals surface area contributed by atoms with Gasteiger partial charge in [-0.25, -0.2) is 0 Å². The maximum absolute atomic E-state index is 12.9. The number of benzene rings is 1. The van der Waals surface area contributed by atoms with Gasteiger partial charge in [-0.05, 0) is 38.0 Å². The number of hydrogen-bond acceptors (Lipinski definition) is 6. The average molecular weight is 453 g/mol. The smallest absolute Gasteiger partial charge is 0.305 e. The maximum atomic E-state index is 12.9. The number of amides is 3. The molecule has 0 spiro atoms. The molecule has 1 aromatic carbocycles. The summed E-state index contributed by atoms with van der Waals surface area (Å²) >= 11 is 6.09. The van der Waals surface area contributed by atoms with Crippen LogP contribution in [0, 0.1) is 0 Å². The number of carboxylic acids is 1. The van der Waals surface area contributed by atoms with Gasteiger partial charge in [0.05, 0.1) is 23.2 Å². The van der Waals surface area contributed by atoms with Crippen molar-refractivity contribution in [3.8, 4) is 0 Å². The van der Waals surface area contributed by atoms with Gasteiger partial charge in [0.1, 0.15) is 18.4 Å². The highest BCUT2D eigenvalue weighted by Crippen LogP contribution is 2.23. The van der Waals surface area contributed by atoms with Crippen LogP contribution in [0.15, 0.2) is 18.2 Å². The fourth-order valence-electron chi connectivity index (χ4n) is 3.35. The Bertz CT molecular complexity index is 877. The van der Waals surface area contributed by atoms with Crippen LogP contribution in [0.2, 0.25) is 5.02 Å². The predicted molar refractivity (Wildman–Crippen MR) is 113 cm³/mol. The molecule has 1 aliphatic rings. The average Bonchev–Trinajstić information content (AvgIpc) is 3.22. The highest BCUT2D eigenvalue weighted by atomic mass is 35.5. The van der Waals surface area contributed by atoms with Gasteiger partial charge in [-0.3, -0.25) is 19.2 Å². The van der Waals surface area contributed by atoms with Crippen LogP contribution in [0.4, 0.5) is 5.69 Å². The Morgan fingerprint density at radius 2 is 2.00 bits per heavy atom. The van der Waals surface area contributed by atoms with Crippen LogP contribution < -0.4 is 16.0 Å². The monoisotopic (exact) mass is 452 g/mol. The third-order valence-corrected chi connectivity index (χ3v) is 5.26. The highest BCUT2D eigenvalue weighted by Gasteiger charge is 2.37. The first kappa shape index (κ1) is 24.1. The summed E-state index contributed by atoms with van der Waals surface area (Å²) in [5, 5.41) is 17.0. The molecule has 1 aromatic rings. The van der Waals surface area contributed by atoms with Crippen molar-refractivity contribution < 1.29 is 29.1 Å². The van der Waals surface area contributed by atoms with Crippen LogP contribution in [-0.2, 0) is 19.2 Å². The molecule has 1 heterocycles. The Morgan fingerprint density at radius 1 is 1.29 bits per heavy atom. The molecule has 0 aromatic heterocycles. The molecule has 3 amide bonds. The normalized spacial score (nSPS) is 17.4. The van der Waals surface area contributed by atoms with Crippen LogP contribution >= 0.6 is 11.6 Å². The second-order valence-electron chi connectivity index (χ2n) is 7.18. The minimum absolute atomic E-state index is 0.280. The van der Waals surface area contributed by atoms with Crippen LogP contribution in [0.5, 0.6) is 0 Å². The minimum Gasteiger partial charge on any atom is -0.481 e. The number of aldehydes is 1. The van der Waals surface area contributed by atoms with Gasteiger partial charge in [-0.2, -0.15) is 0 Å². The molecule has 4 N–H and O–H groups in total. The number of carbonyl (C=O) groups excluding carboxylic acids is 4. The van der Waals surface area contributed by atoms with E-state index < -0.39 is 48.2 Å². The topological polar surface area (TPSA) is 145 Å². The molecule has 3 atom stereocenters. The van der Waals surface area contributed by atoms with Crippen molar-refractivity contribution in [2.45, 2.75) is 44.3 Å². The Balaban J connectivity index is 2.02. The number of nitrogens with one attached hydrogen (secondary N) is 3. The third-order valence-electron chi connectivity index (χ3n) is 4.94. The summed E-state index contributed by atoms with van der Waals surface area (Å²) in [6.07, 6.45) is 0.742. The molecule has 0 saturated carbocycles. The van der Waals surface area contributed by atoms with E-state index in [9.17, 15) is 24.0 Å². The van der Waals surface area contributed by atoms with Crippen molar-refractivity contribution in [2.75, 3.05) is 18.9 Å². The number of rotatable bonds is 9. The fourth-order valence-corrected chi connectivity index (χ4v) is 3.63. The second-order valence-corrected chi connectivity index (χ2v) is 7.59. The summed E-state index contributed by atoms with van der Waals surface area (Å²) in [7, 11) is 1.70. The minimum atomic E-state index is -1.23. The van der Waals surface area contributed by atoms with Crippen molar-refractivity contribution in [3.63, 3.8) is 0 Å². The van der Waals surface area contributed by atoms with E-state index in [4.69, 9.17) is 16.7 Å². The molecule has 31 heavy (non-hydrogen) atoms. The Kier molecular flexibility index (Phi) is 8.38. The van der Waals surface area contributed by atoms with E-state index in [-0.39, 0.29) is 5.56 Å². The van der Waals surface area contributed by atoms with E-state index in [2.05, 4.69) is 16.0 Å². The number of anilines is 1. The van der Waals surface area contributed by atoms with Gasteiger partial charge in [0.25, 0.3) is 5.91 Å². The number of carbonyl (C=O) groups is 5. The quantitative estimate of drug-likeness (QED) is 0.402. The van der Waals surface area contributed by atoms with E-state index >= 15 is 0 Å². The lowest BCUT2D eigenvalue weighted by atomic mass is 10.1. The number of hydrogen-bond donors (Lipinski definition) is 4. The molecule has 1 fully saturated rings. The molecule has 0 unspecified atom stereocenters. The third kappa shape index (κ3) is 6.17. The first-order valence-corrected chi connectivity index (χ1v) is 10.1. The summed E-state index contributed by atoms with van der Waals surface area (Å²) in [5.41, 5.74) is 0.937. The molecule has 168 valence electrons. The summed E-state index contributed by atoms with van der Waals surface area (Å²) < 4.78 is 0. The van der Waals surface area contributed by atoms with E-state index in [0.717, 1.165) is 0 Å². The van der Waals surface area contributed by atoms with Gasteiger partial charge in [-0.15, -0.1) is 0 Å². The lowest BCUT2D eigenvalue weighted by Gasteiger charge is -2.27. The van der Waals surface area contributed by atoms with Crippen LogP contribution in [0.3, 0.4) is 0 Å². The molecule has 0 bridgehead atoms. The van der Waals surface area contributed by atoms with Crippen LogP contribution in [0.25, 0.3) is 0 Å². The van der Waals surface area contributed by atoms with Gasteiger partial charge in [0.15, 0.2) is 0 Å². The summed E-state index contributed by atoms with van der Waals surface area (Å²) in [5.74, 6) is -2.77. The Morgan fingerprint density at radius 3 is 2.58 bits per heavy atom. The molecular formula is C20H25ClN4O6. The highest BCUT2D eigenvalue weighted by molar-refractivity contribution is 6.33. The van der Waals surface area contributed by atoms with Gasteiger partial charge in [0, 0.05) is 19.2 Å². The first-order valence-electron chi connectivity index (χ1n) is 9.74. The summed E-state index contributed by atoms with van der Waals surface area (Å²) in [4.78, 5) is 61.0. The maximum Gasteiger partial charge on any atom is 0.305 e. The Hall–Kier alpha value is -3.14. The second kappa shape index (κ2) is 10.8. The zero-order chi connectivity index (χ0) is 23.1. The molecule has 0 radical (unpaired) electrons. The Labute approximate surface area is 184 Å². The number of nitrogens with zero attached hydrogens (tertiary/aromatic N) is 1. The standard InChI is InChI=1S/C20H25ClN4O6/c1-11(23-18(29)12-5-6-15(22-2)14(21)8-12)20(31)25-7-3-4-16(25)19(30)24-13(10-26)9-17(27)28/h5-6,8,10-11,13,16,22H,3-4,7,9H2,1-2H3,(H,23,29)(H,24,30)(H,27,28)/t11-,13-,16-/m0/s1. The van der Waals surface area contributed by atoms with Gasteiger partial charge < -0.3 is 30.8 Å². The number of halogens is 1. The van der Waals surface area contributed by atoms with Crippen molar-refractivity contribution >= 4 is 47.3 Å². The van der Waals surface area contributed by atoms with E-state index in [1.165, 1.54) is 17.9 Å². The number of likely N-dealkylation sites (tertiary alicyclic amines) is 1. The fraction of sp³-hybridized carbons (Fsp3) is 0.450. The van der Waals surface area contributed by atoms with Gasteiger partial charge >= 0.3 is 5.97 Å². The molecule has 0 aliphatic carbocycles. The molecule has 11 heteroatoms. The number of aliphatic carboxylic acids is 1. The lowest BCUT2D eigenvalue weighted by Crippen LogP contribution is -2.54. The van der Waals surface area contributed by atoms with Gasteiger partial charge in [-0.1, -0.05) is 11.6 Å². The molecule has 1 aliphatic heterocycles. The van der Waals surface area contributed by atoms with Gasteiger partial charge in [0.2, 0.25) is 11.8 Å². The largest absolute Gasteiger partial charge is 0.481 e. The van der Waals surface area contributed by atoms with Crippen molar-refractivity contribution in [1.82, 2.24) is 15.5 Å². The SMILES string of the molecule is CNc1ccc(C(=O)N[C@@H](C)C(=O)N2CCC[C@H]2C(=O)N[C@H](C=O)CC(=O)O)cc1Cl. The van der Waals surface area contributed by atoms with Crippen molar-refractivity contribution in [3.05, 3.63) is 28.8 Å². The molecule has 1 saturated heterocycles. The summed E-state index contributed by atoms with van der Waals surface area (Å²) in [6.45, 7) is 1.82. The van der Waals surface area contributed by atoms with E-state index in [0.29, 0.717) is 36.4 Å². The van der Waals surface area contributed by atoms with E-state index in [1.54, 1.807) is 19.2 Å². The van der Waals surface area contributed by atoms with Crippen molar-refractivity contribution in [2.24, 2.45) is 0 Å². The molecular weight excluding hydrogens is 428 g/mol.